The Balaban J connectivity index is 1.49. The number of fused-ring (bicyclic) bond motifs is 1. The minimum atomic E-state index is -0.0698. The smallest absolute Gasteiger partial charge is 0.272 e. The Morgan fingerprint density at radius 1 is 1.12 bits per heavy atom. The molecule has 2 saturated heterocycles. The van der Waals surface area contributed by atoms with Gasteiger partial charge in [0.05, 0.1) is 26.0 Å². The summed E-state index contributed by atoms with van der Waals surface area (Å²) in [5, 5.41) is 7.40. The SMILES string of the molecule is COc1ccc(OC)c(-c2cc(C(=O)N3[C@@H]4CN(C(C)=O)[C@@H]5CCCC[C@H]3[C@]5(C)C4)[nH]n2)c1. The molecule has 1 aromatic heterocycles. The Morgan fingerprint density at radius 2 is 1.88 bits per heavy atom. The van der Waals surface area contributed by atoms with Gasteiger partial charge >= 0.3 is 0 Å². The van der Waals surface area contributed by atoms with Gasteiger partial charge in [-0.25, -0.2) is 0 Å². The first kappa shape index (κ1) is 21.8. The third kappa shape index (κ3) is 3.38. The predicted octanol–water partition coefficient (Wildman–Crippen LogP) is 3.49. The lowest BCUT2D eigenvalue weighted by Gasteiger charge is -2.46. The highest BCUT2D eigenvalue weighted by atomic mass is 16.5. The van der Waals surface area contributed by atoms with Crippen LogP contribution in [0.15, 0.2) is 24.3 Å². The molecular formula is C25H32N4O4. The number of ether oxygens (including phenoxy) is 2. The second-order valence-electron chi connectivity index (χ2n) is 9.80. The predicted molar refractivity (Wildman–Crippen MR) is 123 cm³/mol. The van der Waals surface area contributed by atoms with Gasteiger partial charge in [-0.3, -0.25) is 14.7 Å². The van der Waals surface area contributed by atoms with Crippen molar-refractivity contribution in [2.75, 3.05) is 20.8 Å². The first-order valence-corrected chi connectivity index (χ1v) is 11.7. The third-order valence-corrected chi connectivity index (χ3v) is 8.05. The Kier molecular flexibility index (Phi) is 5.34. The number of rotatable bonds is 4. The van der Waals surface area contributed by atoms with Crippen LogP contribution in [0.1, 0.15) is 56.4 Å². The van der Waals surface area contributed by atoms with Gasteiger partial charge in [0.2, 0.25) is 5.91 Å². The first-order chi connectivity index (χ1) is 15.9. The number of methoxy groups -OCH3 is 2. The van der Waals surface area contributed by atoms with Crippen molar-refractivity contribution in [3.05, 3.63) is 30.0 Å². The summed E-state index contributed by atoms with van der Waals surface area (Å²) in [6.07, 6.45) is 5.12. The largest absolute Gasteiger partial charge is 0.497 e. The van der Waals surface area contributed by atoms with E-state index in [1.165, 1.54) is 0 Å². The zero-order chi connectivity index (χ0) is 23.3. The van der Waals surface area contributed by atoms with Crippen LogP contribution in [0.3, 0.4) is 0 Å². The van der Waals surface area contributed by atoms with Gasteiger partial charge in [0.25, 0.3) is 5.91 Å². The summed E-state index contributed by atoms with van der Waals surface area (Å²) in [5.74, 6) is 1.42. The number of hydrogen-bond donors (Lipinski definition) is 1. The molecule has 33 heavy (non-hydrogen) atoms. The third-order valence-electron chi connectivity index (χ3n) is 8.05. The van der Waals surface area contributed by atoms with E-state index in [1.807, 2.05) is 23.1 Å². The van der Waals surface area contributed by atoms with E-state index in [1.54, 1.807) is 27.2 Å². The first-order valence-electron chi connectivity index (χ1n) is 11.7. The highest BCUT2D eigenvalue weighted by Gasteiger charge is 2.60. The molecule has 3 heterocycles. The molecule has 1 saturated carbocycles. The lowest BCUT2D eigenvalue weighted by molar-refractivity contribution is -0.136. The van der Waals surface area contributed by atoms with Crippen LogP contribution in [0.25, 0.3) is 11.3 Å². The molecule has 8 nitrogen and oxygen atoms in total. The number of nitrogens with one attached hydrogen (secondary N) is 1. The summed E-state index contributed by atoms with van der Waals surface area (Å²) in [4.78, 5) is 30.4. The van der Waals surface area contributed by atoms with E-state index >= 15 is 0 Å². The fourth-order valence-corrected chi connectivity index (χ4v) is 6.54. The molecule has 3 aliphatic rings. The molecule has 1 N–H and O–H groups in total. The van der Waals surface area contributed by atoms with Gasteiger partial charge in [-0.2, -0.15) is 5.10 Å². The lowest BCUT2D eigenvalue weighted by atomic mass is 9.71. The highest BCUT2D eigenvalue weighted by molar-refractivity contribution is 5.94. The Bertz CT molecular complexity index is 1080. The Hall–Kier alpha value is -3.03. The maximum absolute atomic E-state index is 13.8. The molecule has 2 aromatic rings. The number of benzene rings is 1. The van der Waals surface area contributed by atoms with E-state index in [4.69, 9.17) is 9.47 Å². The number of H-pyrrole nitrogens is 1. The fraction of sp³-hybridized carbons (Fsp3) is 0.560. The summed E-state index contributed by atoms with van der Waals surface area (Å²) in [5.41, 5.74) is 1.78. The number of carbonyl (C=O) groups excluding carboxylic acids is 2. The monoisotopic (exact) mass is 452 g/mol. The average molecular weight is 453 g/mol. The van der Waals surface area contributed by atoms with Gasteiger partial charge in [0, 0.05) is 36.5 Å². The second-order valence-corrected chi connectivity index (χ2v) is 9.80. The van der Waals surface area contributed by atoms with Crippen LogP contribution < -0.4 is 9.47 Å². The molecule has 0 spiro atoms. The van der Waals surface area contributed by atoms with Gasteiger partial charge < -0.3 is 19.3 Å². The number of hydrogen-bond acceptors (Lipinski definition) is 5. The van der Waals surface area contributed by atoms with Gasteiger partial charge in [0.15, 0.2) is 0 Å². The average Bonchev–Trinajstić information content (AvgIpc) is 3.34. The summed E-state index contributed by atoms with van der Waals surface area (Å²) in [6, 6.07) is 7.67. The maximum atomic E-state index is 13.8. The van der Waals surface area contributed by atoms with Gasteiger partial charge in [-0.15, -0.1) is 0 Å². The zero-order valence-electron chi connectivity index (χ0n) is 19.8. The van der Waals surface area contributed by atoms with Crippen molar-refractivity contribution in [1.29, 1.82) is 0 Å². The minimum absolute atomic E-state index is 0.0313. The highest BCUT2D eigenvalue weighted by Crippen LogP contribution is 2.53. The molecule has 8 heteroatoms. The van der Waals surface area contributed by atoms with Crippen LogP contribution in [0.4, 0.5) is 0 Å². The van der Waals surface area contributed by atoms with E-state index in [-0.39, 0.29) is 35.4 Å². The topological polar surface area (TPSA) is 87.8 Å². The molecule has 5 rings (SSSR count). The molecule has 2 bridgehead atoms. The van der Waals surface area contributed by atoms with Crippen molar-refractivity contribution < 1.29 is 19.1 Å². The molecule has 1 aliphatic carbocycles. The number of likely N-dealkylation sites (tertiary alicyclic amines) is 2. The summed E-state index contributed by atoms with van der Waals surface area (Å²) >= 11 is 0. The van der Waals surface area contributed by atoms with Crippen molar-refractivity contribution in [2.45, 2.75) is 64.1 Å². The maximum Gasteiger partial charge on any atom is 0.272 e. The summed E-state index contributed by atoms with van der Waals surface area (Å²) in [6.45, 7) is 4.55. The van der Waals surface area contributed by atoms with Crippen molar-refractivity contribution in [1.82, 2.24) is 20.0 Å². The molecule has 2 amide bonds. The summed E-state index contributed by atoms with van der Waals surface area (Å²) in [7, 11) is 3.22. The van der Waals surface area contributed by atoms with E-state index in [0.29, 0.717) is 29.4 Å². The van der Waals surface area contributed by atoms with Crippen LogP contribution in [-0.2, 0) is 4.79 Å². The zero-order valence-corrected chi connectivity index (χ0v) is 19.8. The van der Waals surface area contributed by atoms with E-state index < -0.39 is 0 Å². The van der Waals surface area contributed by atoms with E-state index in [9.17, 15) is 9.59 Å². The van der Waals surface area contributed by atoms with Crippen LogP contribution in [0.2, 0.25) is 0 Å². The van der Waals surface area contributed by atoms with Gasteiger partial charge in [-0.1, -0.05) is 19.8 Å². The molecule has 176 valence electrons. The molecule has 2 aliphatic heterocycles. The number of amides is 2. The van der Waals surface area contributed by atoms with Crippen molar-refractivity contribution in [3.8, 4) is 22.8 Å². The quantitative estimate of drug-likeness (QED) is 0.767. The Morgan fingerprint density at radius 3 is 2.58 bits per heavy atom. The lowest BCUT2D eigenvalue weighted by Crippen LogP contribution is -2.55. The molecule has 3 fully saturated rings. The molecule has 4 atom stereocenters. The van der Waals surface area contributed by atoms with Crippen molar-refractivity contribution >= 4 is 11.8 Å². The number of carbonyl (C=O) groups is 2. The Labute approximate surface area is 194 Å². The van der Waals surface area contributed by atoms with Crippen LogP contribution in [0, 0.1) is 5.41 Å². The van der Waals surface area contributed by atoms with E-state index in [2.05, 4.69) is 22.0 Å². The normalized spacial score (nSPS) is 28.4. The van der Waals surface area contributed by atoms with E-state index in [0.717, 1.165) is 37.7 Å². The summed E-state index contributed by atoms with van der Waals surface area (Å²) < 4.78 is 10.9. The van der Waals surface area contributed by atoms with Crippen LogP contribution in [0.5, 0.6) is 11.5 Å². The number of aromatic amines is 1. The molecule has 0 unspecified atom stereocenters. The number of aromatic nitrogens is 2. The molecule has 1 aromatic carbocycles. The van der Waals surface area contributed by atoms with Crippen LogP contribution in [-0.4, -0.2) is 70.7 Å². The van der Waals surface area contributed by atoms with Crippen molar-refractivity contribution in [3.63, 3.8) is 0 Å². The van der Waals surface area contributed by atoms with Gasteiger partial charge in [0.1, 0.15) is 17.2 Å². The fourth-order valence-electron chi connectivity index (χ4n) is 6.54. The van der Waals surface area contributed by atoms with Crippen molar-refractivity contribution in [2.24, 2.45) is 5.41 Å². The van der Waals surface area contributed by atoms with Crippen LogP contribution >= 0.6 is 0 Å². The second kappa shape index (κ2) is 8.08. The number of nitrogens with zero attached hydrogens (tertiary/aromatic N) is 3. The standard InChI is InChI=1S/C25H32N4O4/c1-15(30)28-14-16-13-25(2)22(28)7-5-6-8-23(25)29(16)24(31)20-12-19(26-27-20)18-11-17(32-3)9-10-21(18)33-4/h9-12,16,22-23H,5-8,13-14H2,1-4H3,(H,26,27)/t16-,22+,23-,25+/m0/s1. The minimum Gasteiger partial charge on any atom is -0.497 e. The molecular weight excluding hydrogens is 420 g/mol. The number of piperidine rings is 1. The molecule has 0 radical (unpaired) electrons. The van der Waals surface area contributed by atoms with Gasteiger partial charge in [-0.05, 0) is 43.5 Å².